The van der Waals surface area contributed by atoms with Gasteiger partial charge in [-0.25, -0.2) is 0 Å². The van der Waals surface area contributed by atoms with E-state index in [0.717, 1.165) is 57.4 Å². The number of phenols is 1. The van der Waals surface area contributed by atoms with E-state index < -0.39 is 11.9 Å². The normalized spacial score (nSPS) is 29.3. The van der Waals surface area contributed by atoms with Gasteiger partial charge in [0.15, 0.2) is 0 Å². The van der Waals surface area contributed by atoms with Crippen LogP contribution in [0.25, 0.3) is 0 Å². The third-order valence-corrected chi connectivity index (χ3v) is 13.1. The molecule has 2 saturated carbocycles. The first-order valence-corrected chi connectivity index (χ1v) is 19.6. The predicted octanol–water partition coefficient (Wildman–Crippen LogP) is 10.8. The molecule has 48 heavy (non-hydrogen) atoms. The Hall–Kier alpha value is -2.85. The molecule has 2 aromatic rings. The summed E-state index contributed by atoms with van der Waals surface area (Å²) in [5.74, 6) is 0.849. The van der Waals surface area contributed by atoms with Gasteiger partial charge in [-0.1, -0.05) is 105 Å². The van der Waals surface area contributed by atoms with Crippen molar-refractivity contribution in [3.63, 3.8) is 0 Å². The van der Waals surface area contributed by atoms with Gasteiger partial charge in [0.2, 0.25) is 0 Å². The number of nitrogens with two attached hydrogens (primary N) is 1. The number of carboxylic acid groups (broad SMARTS) is 1. The number of hydrogen-bond donors (Lipinski definition) is 3. The highest BCUT2D eigenvalue weighted by Gasteiger charge is 2.52. The summed E-state index contributed by atoms with van der Waals surface area (Å²) in [6, 6.07) is 17.1. The molecule has 0 radical (unpaired) electrons. The lowest BCUT2D eigenvalue weighted by molar-refractivity contribution is -0.146. The van der Waals surface area contributed by atoms with Crippen molar-refractivity contribution in [2.75, 3.05) is 6.54 Å². The van der Waals surface area contributed by atoms with E-state index in [9.17, 15) is 15.0 Å². The number of fused-ring (bicyclic) bond motifs is 3. The van der Waals surface area contributed by atoms with Crippen LogP contribution in [0.5, 0.6) is 5.75 Å². The van der Waals surface area contributed by atoms with E-state index in [0.29, 0.717) is 29.4 Å². The van der Waals surface area contributed by atoms with Gasteiger partial charge in [-0.05, 0) is 142 Å². The van der Waals surface area contributed by atoms with E-state index in [2.05, 4.69) is 54.6 Å². The Morgan fingerprint density at radius 1 is 0.875 bits per heavy atom. The summed E-state index contributed by atoms with van der Waals surface area (Å²) < 4.78 is 0. The summed E-state index contributed by atoms with van der Waals surface area (Å²) in [5.41, 5.74) is 11.2. The standard InChI is InChI=1S/C44H61NO3/c45-28-23-34-18-17-33(29-34)11-3-1-2-4-13-36-14-5-6-16-41(42(47)48)44(27-10-26-43(32-44)24-7-8-25-43)38-15-9-12-35(30-38)31-40(36)37-19-21-39(46)22-20-37/h5-6,9,12,15,19-22,29-30,33,36,40-41,46H,1-4,7-8,10-11,13-14,16-18,23-28,31-32,45H2,(H,47,48)/b6-5-/t33-,36-,40+,41-,44+/m0/s1. The Labute approximate surface area is 290 Å². The fraction of sp³-hybridized carbons (Fsp3) is 0.614. The van der Waals surface area contributed by atoms with Crippen LogP contribution in [0.3, 0.4) is 0 Å². The fourth-order valence-electron chi connectivity index (χ4n) is 10.7. The zero-order valence-electron chi connectivity index (χ0n) is 29.4. The number of benzene rings is 2. The molecule has 4 aliphatic carbocycles. The quantitative estimate of drug-likeness (QED) is 0.167. The van der Waals surface area contributed by atoms with Crippen molar-refractivity contribution in [1.82, 2.24) is 0 Å². The molecule has 0 unspecified atom stereocenters. The maximum Gasteiger partial charge on any atom is 0.307 e. The molecule has 4 N–H and O–H groups in total. The highest BCUT2D eigenvalue weighted by molar-refractivity contribution is 5.73. The highest BCUT2D eigenvalue weighted by Crippen LogP contribution is 2.59. The number of hydrogen-bond acceptors (Lipinski definition) is 3. The van der Waals surface area contributed by atoms with Gasteiger partial charge in [0.25, 0.3) is 0 Å². The molecule has 6 rings (SSSR count). The topological polar surface area (TPSA) is 83.6 Å². The Kier molecular flexibility index (Phi) is 11.8. The lowest BCUT2D eigenvalue weighted by atomic mass is 9.53. The largest absolute Gasteiger partial charge is 0.508 e. The van der Waals surface area contributed by atoms with Gasteiger partial charge < -0.3 is 15.9 Å². The molecular formula is C44H61NO3. The molecule has 0 aromatic heterocycles. The van der Waals surface area contributed by atoms with E-state index in [1.54, 1.807) is 5.57 Å². The first kappa shape index (κ1) is 35.0. The third kappa shape index (κ3) is 8.29. The second-order valence-corrected chi connectivity index (χ2v) is 16.2. The summed E-state index contributed by atoms with van der Waals surface area (Å²) >= 11 is 0. The number of phenolic OH excluding ortho intramolecular Hbond substituents is 1. The van der Waals surface area contributed by atoms with Crippen LogP contribution in [-0.2, 0) is 16.6 Å². The molecule has 0 heterocycles. The van der Waals surface area contributed by atoms with Crippen LogP contribution < -0.4 is 5.73 Å². The van der Waals surface area contributed by atoms with Crippen LogP contribution in [0.2, 0.25) is 0 Å². The number of aromatic hydroxyl groups is 1. The first-order chi connectivity index (χ1) is 23.4. The number of carboxylic acids is 1. The third-order valence-electron chi connectivity index (χ3n) is 13.1. The van der Waals surface area contributed by atoms with Gasteiger partial charge in [-0.3, -0.25) is 4.79 Å². The molecule has 2 spiro atoms. The van der Waals surface area contributed by atoms with Crippen LogP contribution in [0.15, 0.2) is 72.3 Å². The number of rotatable bonds is 11. The van der Waals surface area contributed by atoms with Gasteiger partial charge in [0.05, 0.1) is 5.92 Å². The minimum atomic E-state index is -0.626. The molecule has 0 amide bonds. The molecule has 4 nitrogen and oxygen atoms in total. The van der Waals surface area contributed by atoms with Crippen LogP contribution >= 0.6 is 0 Å². The minimum absolute atomic E-state index is 0.309. The Bertz CT molecular complexity index is 1400. The highest BCUT2D eigenvalue weighted by atomic mass is 16.4. The van der Waals surface area contributed by atoms with E-state index in [4.69, 9.17) is 5.73 Å². The average Bonchev–Trinajstić information content (AvgIpc) is 3.73. The Balaban J connectivity index is 1.22. The summed E-state index contributed by atoms with van der Waals surface area (Å²) in [6.45, 7) is 0.771. The zero-order valence-corrected chi connectivity index (χ0v) is 29.4. The summed E-state index contributed by atoms with van der Waals surface area (Å²) in [6.07, 6.45) is 30.2. The Morgan fingerprint density at radius 2 is 1.62 bits per heavy atom. The van der Waals surface area contributed by atoms with E-state index >= 15 is 0 Å². The number of aliphatic carboxylic acids is 1. The number of carbonyl (C=O) groups is 1. The van der Waals surface area contributed by atoms with Gasteiger partial charge in [-0.15, -0.1) is 0 Å². The minimum Gasteiger partial charge on any atom is -0.508 e. The van der Waals surface area contributed by atoms with Crippen molar-refractivity contribution >= 4 is 5.97 Å². The van der Waals surface area contributed by atoms with E-state index in [1.807, 2.05) is 12.1 Å². The Morgan fingerprint density at radius 3 is 2.40 bits per heavy atom. The van der Waals surface area contributed by atoms with Crippen molar-refractivity contribution in [1.29, 1.82) is 0 Å². The van der Waals surface area contributed by atoms with Crippen molar-refractivity contribution in [3.05, 3.63) is 89.0 Å². The molecule has 2 aromatic carbocycles. The summed E-state index contributed by atoms with van der Waals surface area (Å²) in [7, 11) is 0. The molecule has 2 bridgehead atoms. The second kappa shape index (κ2) is 16.2. The van der Waals surface area contributed by atoms with Crippen molar-refractivity contribution < 1.29 is 15.0 Å². The fourth-order valence-corrected chi connectivity index (χ4v) is 10.7. The average molecular weight is 652 g/mol. The molecule has 2 fully saturated rings. The molecular weight excluding hydrogens is 590 g/mol. The maximum atomic E-state index is 13.2. The van der Waals surface area contributed by atoms with E-state index in [1.165, 1.54) is 93.7 Å². The van der Waals surface area contributed by atoms with Crippen LogP contribution in [0.4, 0.5) is 0 Å². The van der Waals surface area contributed by atoms with Crippen molar-refractivity contribution in [2.24, 2.45) is 28.9 Å². The maximum absolute atomic E-state index is 13.2. The van der Waals surface area contributed by atoms with Crippen LogP contribution in [0.1, 0.15) is 145 Å². The van der Waals surface area contributed by atoms with Crippen LogP contribution in [-0.4, -0.2) is 22.7 Å². The number of allylic oxidation sites excluding steroid dienone is 3. The van der Waals surface area contributed by atoms with E-state index in [-0.39, 0.29) is 5.41 Å². The zero-order chi connectivity index (χ0) is 33.4. The van der Waals surface area contributed by atoms with Gasteiger partial charge in [-0.2, -0.15) is 0 Å². The van der Waals surface area contributed by atoms with Gasteiger partial charge in [0.1, 0.15) is 5.75 Å². The summed E-state index contributed by atoms with van der Waals surface area (Å²) in [4.78, 5) is 13.2. The van der Waals surface area contributed by atoms with Gasteiger partial charge in [0, 0.05) is 5.41 Å². The molecule has 4 heteroatoms. The van der Waals surface area contributed by atoms with Crippen LogP contribution in [0, 0.1) is 23.2 Å². The summed E-state index contributed by atoms with van der Waals surface area (Å²) in [5, 5.41) is 21.0. The van der Waals surface area contributed by atoms with Crippen molar-refractivity contribution in [2.45, 2.75) is 140 Å². The van der Waals surface area contributed by atoms with Gasteiger partial charge >= 0.3 is 5.97 Å². The monoisotopic (exact) mass is 651 g/mol. The SMILES string of the molecule is NCCC1=C[C@@H](CCCCCC[C@H]2C/C=C\C[C@@H](C(=O)O)[C@@]3(CCCC4(CCCC4)C3)c3cccc(c3)C[C@H]2c2ccc(O)cc2)CC1. The van der Waals surface area contributed by atoms with Crippen molar-refractivity contribution in [3.8, 4) is 5.75 Å². The predicted molar refractivity (Wildman–Crippen MR) is 197 cm³/mol. The first-order valence-electron chi connectivity index (χ1n) is 19.6. The molecule has 0 aliphatic heterocycles. The second-order valence-electron chi connectivity index (χ2n) is 16.2. The lowest BCUT2D eigenvalue weighted by Gasteiger charge is -2.50. The smallest absolute Gasteiger partial charge is 0.307 e. The molecule has 260 valence electrons. The molecule has 4 aliphatic rings. The molecule has 0 saturated heterocycles. The lowest BCUT2D eigenvalue weighted by Crippen LogP contribution is -2.46. The molecule has 5 atom stereocenters. The number of unbranched alkanes of at least 4 members (excludes halogenated alkanes) is 3.